The molecule has 12 heteroatoms. The predicted octanol–water partition coefficient (Wildman–Crippen LogP) is 1.23. The van der Waals surface area contributed by atoms with E-state index < -0.39 is 22.4 Å². The molecular weight excluding hydrogens is 408 g/mol. The first kappa shape index (κ1) is 21.2. The smallest absolute Gasteiger partial charge is 0.326 e. The number of nitro groups is 1. The molecule has 1 heterocycles. The minimum Gasteiger partial charge on any atom is -0.495 e. The average molecular weight is 426 g/mol. The largest absolute Gasteiger partial charge is 0.495 e. The first-order valence-electron chi connectivity index (χ1n) is 8.91. The molecule has 0 saturated carbocycles. The van der Waals surface area contributed by atoms with Gasteiger partial charge in [-0.1, -0.05) is 12.1 Å². The zero-order valence-electron chi connectivity index (χ0n) is 16.6. The monoisotopic (exact) mass is 426 g/mol. The number of hydrogen-bond acceptors (Lipinski definition) is 8. The van der Waals surface area contributed by atoms with Crippen molar-refractivity contribution < 1.29 is 19.2 Å². The number of methoxy groups -OCH3 is 1. The highest BCUT2D eigenvalue weighted by atomic mass is 16.6. The SMILES string of the molecule is COc1ccccc1NC(=O)NC(=O)CN(C)n1cnc2ccc([N+](=O)[O-])cc2c1=O. The molecule has 0 radical (unpaired) electrons. The van der Waals surface area contributed by atoms with Gasteiger partial charge in [0.1, 0.15) is 18.6 Å². The van der Waals surface area contributed by atoms with Gasteiger partial charge in [0.15, 0.2) is 0 Å². The fourth-order valence-corrected chi connectivity index (χ4v) is 2.81. The maximum absolute atomic E-state index is 12.7. The second-order valence-electron chi connectivity index (χ2n) is 6.37. The highest BCUT2D eigenvalue weighted by Gasteiger charge is 2.16. The maximum atomic E-state index is 12.7. The van der Waals surface area contributed by atoms with Crippen molar-refractivity contribution in [3.63, 3.8) is 0 Å². The van der Waals surface area contributed by atoms with Gasteiger partial charge in [-0.25, -0.2) is 14.5 Å². The van der Waals surface area contributed by atoms with Crippen LogP contribution in [-0.4, -0.2) is 47.2 Å². The molecule has 0 aliphatic carbocycles. The first-order valence-corrected chi connectivity index (χ1v) is 8.91. The van der Waals surface area contributed by atoms with E-state index in [0.717, 1.165) is 10.7 Å². The molecule has 0 unspecified atom stereocenters. The van der Waals surface area contributed by atoms with Crippen LogP contribution in [0.5, 0.6) is 5.75 Å². The highest BCUT2D eigenvalue weighted by Crippen LogP contribution is 2.22. The van der Waals surface area contributed by atoms with Gasteiger partial charge in [0.2, 0.25) is 5.91 Å². The van der Waals surface area contributed by atoms with Crippen molar-refractivity contribution in [1.82, 2.24) is 15.0 Å². The van der Waals surface area contributed by atoms with Crippen molar-refractivity contribution in [1.29, 1.82) is 0 Å². The number of fused-ring (bicyclic) bond motifs is 1. The molecule has 0 fully saturated rings. The number of imide groups is 1. The minimum atomic E-state index is -0.775. The van der Waals surface area contributed by atoms with Crippen LogP contribution < -0.4 is 25.9 Å². The Morgan fingerprint density at radius 3 is 2.71 bits per heavy atom. The van der Waals surface area contributed by atoms with Gasteiger partial charge in [0.25, 0.3) is 11.2 Å². The van der Waals surface area contributed by atoms with Crippen molar-refractivity contribution in [3.05, 3.63) is 69.3 Å². The second-order valence-corrected chi connectivity index (χ2v) is 6.37. The molecule has 0 aliphatic rings. The number of benzene rings is 2. The molecule has 12 nitrogen and oxygen atoms in total. The lowest BCUT2D eigenvalue weighted by atomic mass is 10.2. The van der Waals surface area contributed by atoms with Gasteiger partial charge in [-0.15, -0.1) is 0 Å². The van der Waals surface area contributed by atoms with Crippen LogP contribution in [0.3, 0.4) is 0 Å². The summed E-state index contributed by atoms with van der Waals surface area (Å²) in [5.74, 6) is -0.272. The van der Waals surface area contributed by atoms with Crippen LogP contribution in [0.25, 0.3) is 10.9 Å². The van der Waals surface area contributed by atoms with Crippen molar-refractivity contribution in [2.75, 3.05) is 31.0 Å². The van der Waals surface area contributed by atoms with Crippen molar-refractivity contribution in [3.8, 4) is 5.75 Å². The van der Waals surface area contributed by atoms with E-state index in [9.17, 15) is 24.5 Å². The summed E-state index contributed by atoms with van der Waals surface area (Å²) >= 11 is 0. The van der Waals surface area contributed by atoms with Crippen molar-refractivity contribution in [2.24, 2.45) is 0 Å². The van der Waals surface area contributed by atoms with E-state index in [0.29, 0.717) is 11.4 Å². The summed E-state index contributed by atoms with van der Waals surface area (Å²) in [6.07, 6.45) is 1.19. The van der Waals surface area contributed by atoms with E-state index in [2.05, 4.69) is 15.6 Å². The highest BCUT2D eigenvalue weighted by molar-refractivity contribution is 6.02. The predicted molar refractivity (Wildman–Crippen MR) is 112 cm³/mol. The number of non-ortho nitro benzene ring substituents is 1. The van der Waals surface area contributed by atoms with Gasteiger partial charge in [0, 0.05) is 19.2 Å². The van der Waals surface area contributed by atoms with Gasteiger partial charge in [-0.2, -0.15) is 0 Å². The molecule has 160 valence electrons. The number of likely N-dealkylation sites (N-methyl/N-ethyl adjacent to an activating group) is 1. The number of hydrogen-bond donors (Lipinski definition) is 2. The summed E-state index contributed by atoms with van der Waals surface area (Å²) in [6, 6.07) is 9.63. The zero-order chi connectivity index (χ0) is 22.5. The molecule has 1 aromatic heterocycles. The molecular formula is C19H18N6O6. The Hall–Kier alpha value is -4.48. The zero-order valence-corrected chi connectivity index (χ0v) is 16.6. The molecule has 3 rings (SSSR count). The van der Waals surface area contributed by atoms with Crippen LogP contribution >= 0.6 is 0 Å². The molecule has 31 heavy (non-hydrogen) atoms. The van der Waals surface area contributed by atoms with Crippen LogP contribution in [0, 0.1) is 10.1 Å². The number of carbonyl (C=O) groups excluding carboxylic acids is 2. The molecule has 0 bridgehead atoms. The Bertz CT molecular complexity index is 1220. The fraction of sp³-hybridized carbons (Fsp3) is 0.158. The number of nitro benzene ring substituents is 1. The second kappa shape index (κ2) is 8.90. The van der Waals surface area contributed by atoms with Crippen molar-refractivity contribution in [2.45, 2.75) is 0 Å². The molecule has 0 saturated heterocycles. The Balaban J connectivity index is 1.71. The van der Waals surface area contributed by atoms with Crippen LogP contribution in [0.1, 0.15) is 0 Å². The number of nitrogens with one attached hydrogen (secondary N) is 2. The molecule has 3 amide bonds. The van der Waals surface area contributed by atoms with Gasteiger partial charge >= 0.3 is 6.03 Å². The topological polar surface area (TPSA) is 149 Å². The van der Waals surface area contributed by atoms with Crippen LogP contribution in [0.15, 0.2) is 53.6 Å². The summed E-state index contributed by atoms with van der Waals surface area (Å²) in [7, 11) is 2.88. The Kier molecular flexibility index (Phi) is 6.10. The van der Waals surface area contributed by atoms with E-state index in [1.807, 2.05) is 0 Å². The number of nitrogens with zero attached hydrogens (tertiary/aromatic N) is 4. The van der Waals surface area contributed by atoms with Crippen molar-refractivity contribution >= 4 is 34.2 Å². The number of anilines is 1. The molecule has 0 atom stereocenters. The summed E-state index contributed by atoms with van der Waals surface area (Å²) < 4.78 is 6.15. The van der Waals surface area contributed by atoms with E-state index in [1.165, 1.54) is 37.6 Å². The third-order valence-corrected chi connectivity index (χ3v) is 4.28. The number of amides is 3. The van der Waals surface area contributed by atoms with Gasteiger partial charge < -0.3 is 15.1 Å². The molecule has 3 aromatic rings. The molecule has 2 N–H and O–H groups in total. The lowest BCUT2D eigenvalue weighted by Crippen LogP contribution is -2.47. The minimum absolute atomic E-state index is 0.0258. The molecule has 0 spiro atoms. The van der Waals surface area contributed by atoms with E-state index in [-0.39, 0.29) is 23.1 Å². The number of urea groups is 1. The molecule has 0 aliphatic heterocycles. The number of rotatable bonds is 6. The number of carbonyl (C=O) groups is 2. The third-order valence-electron chi connectivity index (χ3n) is 4.28. The van der Waals surface area contributed by atoms with Gasteiger partial charge in [-0.05, 0) is 18.2 Å². The van der Waals surface area contributed by atoms with Crippen LogP contribution in [-0.2, 0) is 4.79 Å². The lowest BCUT2D eigenvalue weighted by molar-refractivity contribution is -0.384. The summed E-state index contributed by atoms with van der Waals surface area (Å²) in [5, 5.41) is 16.9. The van der Waals surface area contributed by atoms with Gasteiger partial charge in [-0.3, -0.25) is 25.0 Å². The van der Waals surface area contributed by atoms with Gasteiger partial charge in [0.05, 0.1) is 28.6 Å². The number of ether oxygens (including phenoxy) is 1. The Labute approximate surface area is 175 Å². The maximum Gasteiger partial charge on any atom is 0.326 e. The fourth-order valence-electron chi connectivity index (χ4n) is 2.81. The summed E-state index contributed by atoms with van der Waals surface area (Å²) in [4.78, 5) is 51.4. The first-order chi connectivity index (χ1) is 14.8. The number of aromatic nitrogens is 2. The normalized spacial score (nSPS) is 10.4. The molecule has 2 aromatic carbocycles. The van der Waals surface area contributed by atoms with E-state index >= 15 is 0 Å². The summed E-state index contributed by atoms with van der Waals surface area (Å²) in [5.41, 5.74) is -0.193. The quantitative estimate of drug-likeness (QED) is 0.442. The van der Waals surface area contributed by atoms with Crippen LogP contribution in [0.4, 0.5) is 16.2 Å². The van der Waals surface area contributed by atoms with Crippen LogP contribution in [0.2, 0.25) is 0 Å². The Morgan fingerprint density at radius 1 is 1.26 bits per heavy atom. The van der Waals surface area contributed by atoms with E-state index in [1.54, 1.807) is 24.3 Å². The lowest BCUT2D eigenvalue weighted by Gasteiger charge is -2.20. The number of para-hydroxylation sites is 2. The summed E-state index contributed by atoms with van der Waals surface area (Å²) in [6.45, 7) is -0.360. The van der Waals surface area contributed by atoms with E-state index in [4.69, 9.17) is 4.74 Å². The Morgan fingerprint density at radius 2 is 2.00 bits per heavy atom. The standard InChI is InChI=1S/C19H18N6O6/c1-23(10-17(26)22-19(28)21-15-5-3-4-6-16(15)31-2)24-11-20-14-8-7-12(25(29)30)9-13(14)18(24)27/h3-9,11H,10H2,1-2H3,(H2,21,22,26,28). The third kappa shape index (κ3) is 4.75. The average Bonchev–Trinajstić information content (AvgIpc) is 2.73.